The summed E-state index contributed by atoms with van der Waals surface area (Å²) in [5.74, 6) is 0.117. The molecule has 7 nitrogen and oxygen atoms in total. The van der Waals surface area contributed by atoms with E-state index < -0.39 is 10.0 Å². The molecule has 1 aromatic carbocycles. The molecule has 0 fully saturated rings. The Hall–Kier alpha value is -2.19. The molecule has 0 aliphatic heterocycles. The minimum atomic E-state index is -3.55. The van der Waals surface area contributed by atoms with Crippen molar-refractivity contribution in [2.75, 3.05) is 5.32 Å². The lowest BCUT2D eigenvalue weighted by molar-refractivity contribution is 0.102. The van der Waals surface area contributed by atoms with Gasteiger partial charge in [0.2, 0.25) is 10.0 Å². The van der Waals surface area contributed by atoms with Crippen molar-refractivity contribution >= 4 is 21.6 Å². The van der Waals surface area contributed by atoms with Crippen LogP contribution >= 0.6 is 0 Å². The number of nitrogens with zero attached hydrogens (tertiary/aromatic N) is 1. The lowest BCUT2D eigenvalue weighted by Gasteiger charge is -2.10. The van der Waals surface area contributed by atoms with E-state index in [1.165, 1.54) is 12.1 Å². The second kappa shape index (κ2) is 7.14. The van der Waals surface area contributed by atoms with Crippen LogP contribution in [-0.4, -0.2) is 25.5 Å². The van der Waals surface area contributed by atoms with E-state index in [0.717, 1.165) is 0 Å². The number of carbonyl (C=O) groups is 1. The average molecular weight is 351 g/mol. The number of carbonyl (C=O) groups excluding carboxylic acids is 1. The van der Waals surface area contributed by atoms with Crippen LogP contribution in [0.4, 0.5) is 5.69 Å². The lowest BCUT2D eigenvalue weighted by Crippen LogP contribution is -2.30. The molecule has 0 spiro atoms. The Balaban J connectivity index is 2.17. The first-order valence-electron chi connectivity index (χ1n) is 7.63. The second-order valence-corrected chi connectivity index (χ2v) is 7.38. The third kappa shape index (κ3) is 4.01. The SMILES string of the molecule is CCc1noc(C)c1C(=O)Nc1ccc(S(=O)(=O)NC(C)C)cc1. The van der Waals surface area contributed by atoms with Gasteiger partial charge in [-0.1, -0.05) is 12.1 Å². The number of hydrogen-bond acceptors (Lipinski definition) is 5. The third-order valence-corrected chi connectivity index (χ3v) is 4.98. The molecule has 2 N–H and O–H groups in total. The van der Waals surface area contributed by atoms with E-state index in [4.69, 9.17) is 4.52 Å². The first-order chi connectivity index (χ1) is 11.2. The van der Waals surface area contributed by atoms with Gasteiger partial charge in [-0.3, -0.25) is 4.79 Å². The average Bonchev–Trinajstić information content (AvgIpc) is 2.87. The van der Waals surface area contributed by atoms with Crippen LogP contribution in [-0.2, 0) is 16.4 Å². The van der Waals surface area contributed by atoms with Gasteiger partial charge in [0.25, 0.3) is 5.91 Å². The maximum atomic E-state index is 12.4. The van der Waals surface area contributed by atoms with Crippen LogP contribution in [0.15, 0.2) is 33.7 Å². The van der Waals surface area contributed by atoms with Crippen LogP contribution in [0.5, 0.6) is 0 Å². The smallest absolute Gasteiger partial charge is 0.261 e. The number of nitrogens with one attached hydrogen (secondary N) is 2. The third-order valence-electron chi connectivity index (χ3n) is 3.31. The van der Waals surface area contributed by atoms with Crippen molar-refractivity contribution in [2.24, 2.45) is 0 Å². The van der Waals surface area contributed by atoms with Gasteiger partial charge in [0, 0.05) is 11.7 Å². The molecule has 8 heteroatoms. The standard InChI is InChI=1S/C16H21N3O4S/c1-5-14-15(11(4)23-18-14)16(20)17-12-6-8-13(9-7-12)24(21,22)19-10(2)3/h6-10,19H,5H2,1-4H3,(H,17,20). The fourth-order valence-electron chi connectivity index (χ4n) is 2.24. The van der Waals surface area contributed by atoms with Gasteiger partial charge in [0.1, 0.15) is 11.3 Å². The van der Waals surface area contributed by atoms with Crippen LogP contribution in [0, 0.1) is 6.92 Å². The Morgan fingerprint density at radius 3 is 2.42 bits per heavy atom. The number of anilines is 1. The molecule has 0 aliphatic rings. The van der Waals surface area contributed by atoms with Gasteiger partial charge < -0.3 is 9.84 Å². The van der Waals surface area contributed by atoms with Crippen molar-refractivity contribution in [1.29, 1.82) is 0 Å². The van der Waals surface area contributed by atoms with Gasteiger partial charge in [-0.25, -0.2) is 13.1 Å². The molecule has 0 saturated heterocycles. The molecule has 0 bridgehead atoms. The number of rotatable bonds is 6. The lowest BCUT2D eigenvalue weighted by atomic mass is 10.1. The topological polar surface area (TPSA) is 101 Å². The number of benzene rings is 1. The van der Waals surface area contributed by atoms with Crippen LogP contribution in [0.3, 0.4) is 0 Å². The van der Waals surface area contributed by atoms with E-state index in [-0.39, 0.29) is 16.8 Å². The molecule has 130 valence electrons. The Kier molecular flexibility index (Phi) is 5.40. The van der Waals surface area contributed by atoms with E-state index in [1.54, 1.807) is 32.9 Å². The summed E-state index contributed by atoms with van der Waals surface area (Å²) in [6, 6.07) is 5.78. The summed E-state index contributed by atoms with van der Waals surface area (Å²) in [6.07, 6.45) is 0.581. The van der Waals surface area contributed by atoms with E-state index in [0.29, 0.717) is 29.1 Å². The van der Waals surface area contributed by atoms with Crippen LogP contribution < -0.4 is 10.0 Å². The van der Waals surface area contributed by atoms with Crippen molar-refractivity contribution in [1.82, 2.24) is 9.88 Å². The van der Waals surface area contributed by atoms with Crippen molar-refractivity contribution in [3.8, 4) is 0 Å². The molecule has 0 aliphatic carbocycles. The van der Waals surface area contributed by atoms with Gasteiger partial charge in [0.05, 0.1) is 10.6 Å². The monoisotopic (exact) mass is 351 g/mol. The van der Waals surface area contributed by atoms with Gasteiger partial charge in [-0.2, -0.15) is 0 Å². The molecule has 0 radical (unpaired) electrons. The number of hydrogen-bond donors (Lipinski definition) is 2. The highest BCUT2D eigenvalue weighted by molar-refractivity contribution is 7.89. The van der Waals surface area contributed by atoms with E-state index in [1.807, 2.05) is 6.92 Å². The van der Waals surface area contributed by atoms with Crippen LogP contribution in [0.2, 0.25) is 0 Å². The van der Waals surface area contributed by atoms with E-state index in [9.17, 15) is 13.2 Å². The Morgan fingerprint density at radius 1 is 1.25 bits per heavy atom. The summed E-state index contributed by atoms with van der Waals surface area (Å²) in [5, 5.41) is 6.57. The summed E-state index contributed by atoms with van der Waals surface area (Å²) in [4.78, 5) is 12.5. The summed E-state index contributed by atoms with van der Waals surface area (Å²) in [7, 11) is -3.55. The quantitative estimate of drug-likeness (QED) is 0.832. The molecule has 1 aromatic heterocycles. The highest BCUT2D eigenvalue weighted by Gasteiger charge is 2.20. The number of amides is 1. The van der Waals surface area contributed by atoms with Crippen molar-refractivity contribution in [3.05, 3.63) is 41.3 Å². The minimum Gasteiger partial charge on any atom is -0.361 e. The number of aryl methyl sites for hydroxylation is 2. The highest BCUT2D eigenvalue weighted by atomic mass is 32.2. The molecule has 0 atom stereocenters. The zero-order valence-corrected chi connectivity index (χ0v) is 14.9. The van der Waals surface area contributed by atoms with Crippen LogP contribution in [0.25, 0.3) is 0 Å². The maximum absolute atomic E-state index is 12.4. The molecular formula is C16H21N3O4S. The molecule has 0 saturated carbocycles. The van der Waals surface area contributed by atoms with Crippen molar-refractivity contribution in [2.45, 2.75) is 45.1 Å². The molecule has 2 aromatic rings. The van der Waals surface area contributed by atoms with Gasteiger partial charge >= 0.3 is 0 Å². The maximum Gasteiger partial charge on any atom is 0.261 e. The van der Waals surface area contributed by atoms with Crippen LogP contribution in [0.1, 0.15) is 42.6 Å². The molecule has 1 amide bonds. The minimum absolute atomic E-state index is 0.143. The summed E-state index contributed by atoms with van der Waals surface area (Å²) >= 11 is 0. The Labute approximate surface area is 141 Å². The predicted molar refractivity (Wildman–Crippen MR) is 90.5 cm³/mol. The molecule has 0 unspecified atom stereocenters. The summed E-state index contributed by atoms with van der Waals surface area (Å²) in [6.45, 7) is 7.06. The fourth-order valence-corrected chi connectivity index (χ4v) is 3.49. The van der Waals surface area contributed by atoms with Crippen molar-refractivity contribution in [3.63, 3.8) is 0 Å². The molecular weight excluding hydrogens is 330 g/mol. The summed E-state index contributed by atoms with van der Waals surface area (Å²) in [5.41, 5.74) is 1.49. The normalized spacial score (nSPS) is 11.7. The predicted octanol–water partition coefficient (Wildman–Crippen LogP) is 2.48. The zero-order valence-electron chi connectivity index (χ0n) is 14.1. The number of sulfonamides is 1. The first kappa shape index (κ1) is 18.2. The van der Waals surface area contributed by atoms with E-state index in [2.05, 4.69) is 15.2 Å². The van der Waals surface area contributed by atoms with Gasteiger partial charge in [-0.05, 0) is 51.5 Å². The van der Waals surface area contributed by atoms with Gasteiger partial charge in [-0.15, -0.1) is 0 Å². The zero-order chi connectivity index (χ0) is 17.9. The van der Waals surface area contributed by atoms with E-state index >= 15 is 0 Å². The molecule has 1 heterocycles. The number of aromatic nitrogens is 1. The second-order valence-electron chi connectivity index (χ2n) is 5.67. The first-order valence-corrected chi connectivity index (χ1v) is 9.11. The summed E-state index contributed by atoms with van der Waals surface area (Å²) < 4.78 is 31.7. The molecule has 24 heavy (non-hydrogen) atoms. The Morgan fingerprint density at radius 2 is 1.88 bits per heavy atom. The fraction of sp³-hybridized carbons (Fsp3) is 0.375. The highest BCUT2D eigenvalue weighted by Crippen LogP contribution is 2.18. The largest absolute Gasteiger partial charge is 0.361 e. The molecule has 2 rings (SSSR count). The Bertz CT molecular complexity index is 824. The van der Waals surface area contributed by atoms with Crippen molar-refractivity contribution < 1.29 is 17.7 Å². The van der Waals surface area contributed by atoms with Gasteiger partial charge in [0.15, 0.2) is 0 Å².